The minimum atomic E-state index is -0.974. The maximum Gasteiger partial charge on any atom is 0.253 e. The molecule has 0 aliphatic carbocycles. The molecule has 19 heavy (non-hydrogen) atoms. The second-order valence-electron chi connectivity index (χ2n) is 4.84. The highest BCUT2D eigenvalue weighted by atomic mass is 16.2. The zero-order valence-electron chi connectivity index (χ0n) is 11.1. The first-order valence-corrected chi connectivity index (χ1v) is 6.35. The lowest BCUT2D eigenvalue weighted by Gasteiger charge is -2.40. The third-order valence-corrected chi connectivity index (χ3v) is 3.39. The summed E-state index contributed by atoms with van der Waals surface area (Å²) in [6.07, 6.45) is 2.43. The summed E-state index contributed by atoms with van der Waals surface area (Å²) in [6, 6.07) is 9.33. The van der Waals surface area contributed by atoms with Crippen LogP contribution in [-0.2, 0) is 15.1 Å². The van der Waals surface area contributed by atoms with E-state index >= 15 is 0 Å². The van der Waals surface area contributed by atoms with E-state index in [-0.39, 0.29) is 18.4 Å². The fourth-order valence-corrected chi connectivity index (χ4v) is 2.33. The second-order valence-corrected chi connectivity index (χ2v) is 4.84. The van der Waals surface area contributed by atoms with E-state index in [1.54, 1.807) is 17.9 Å². The SMILES string of the molecule is C=CCCN1CC(=O)NC(C)(c2ccccc2)C1=O. The molecule has 0 aromatic heterocycles. The number of piperazine rings is 1. The minimum absolute atomic E-state index is 0.0693. The average Bonchev–Trinajstić information content (AvgIpc) is 2.42. The van der Waals surface area contributed by atoms with Gasteiger partial charge in [0.25, 0.3) is 5.91 Å². The summed E-state index contributed by atoms with van der Waals surface area (Å²) in [7, 11) is 0. The molecular formula is C15H18N2O2. The normalized spacial score (nSPS) is 23.1. The van der Waals surface area contributed by atoms with Crippen LogP contribution in [0, 0.1) is 0 Å². The van der Waals surface area contributed by atoms with Gasteiger partial charge in [-0.15, -0.1) is 6.58 Å². The Labute approximate surface area is 113 Å². The average molecular weight is 258 g/mol. The van der Waals surface area contributed by atoms with Crippen LogP contribution in [-0.4, -0.2) is 29.8 Å². The highest BCUT2D eigenvalue weighted by molar-refractivity contribution is 5.98. The molecule has 0 radical (unpaired) electrons. The first-order valence-electron chi connectivity index (χ1n) is 6.35. The van der Waals surface area contributed by atoms with Gasteiger partial charge in [-0.25, -0.2) is 0 Å². The summed E-state index contributed by atoms with van der Waals surface area (Å²) in [5.74, 6) is -0.199. The van der Waals surface area contributed by atoms with Crippen LogP contribution in [0.15, 0.2) is 43.0 Å². The Kier molecular flexibility index (Phi) is 3.69. The van der Waals surface area contributed by atoms with E-state index in [4.69, 9.17) is 0 Å². The summed E-state index contributed by atoms with van der Waals surface area (Å²) in [6.45, 7) is 6.04. The number of carbonyl (C=O) groups is 2. The van der Waals surface area contributed by atoms with Gasteiger partial charge in [0.15, 0.2) is 0 Å². The molecule has 0 bridgehead atoms. The topological polar surface area (TPSA) is 49.4 Å². The quantitative estimate of drug-likeness (QED) is 0.831. The first-order chi connectivity index (χ1) is 9.08. The zero-order chi connectivity index (χ0) is 13.9. The Morgan fingerprint density at radius 2 is 2.05 bits per heavy atom. The first kappa shape index (κ1) is 13.3. The molecule has 1 aromatic carbocycles. The number of amides is 2. The molecule has 2 rings (SSSR count). The van der Waals surface area contributed by atoms with Crippen molar-refractivity contribution in [1.29, 1.82) is 0 Å². The zero-order valence-corrected chi connectivity index (χ0v) is 11.1. The van der Waals surface area contributed by atoms with Gasteiger partial charge in [-0.3, -0.25) is 9.59 Å². The van der Waals surface area contributed by atoms with Gasteiger partial charge < -0.3 is 10.2 Å². The third kappa shape index (κ3) is 2.52. The van der Waals surface area contributed by atoms with Crippen LogP contribution in [0.3, 0.4) is 0 Å². The van der Waals surface area contributed by atoms with E-state index < -0.39 is 5.54 Å². The lowest BCUT2D eigenvalue weighted by Crippen LogP contribution is -2.63. The van der Waals surface area contributed by atoms with Gasteiger partial charge in [-0.05, 0) is 18.9 Å². The van der Waals surface area contributed by atoms with E-state index in [2.05, 4.69) is 11.9 Å². The van der Waals surface area contributed by atoms with Crippen molar-refractivity contribution >= 4 is 11.8 Å². The summed E-state index contributed by atoms with van der Waals surface area (Å²) >= 11 is 0. The number of hydrogen-bond acceptors (Lipinski definition) is 2. The van der Waals surface area contributed by atoms with Gasteiger partial charge in [0, 0.05) is 6.54 Å². The molecular weight excluding hydrogens is 240 g/mol. The van der Waals surface area contributed by atoms with Crippen LogP contribution in [0.5, 0.6) is 0 Å². The lowest BCUT2D eigenvalue weighted by atomic mass is 9.88. The van der Waals surface area contributed by atoms with E-state index in [1.807, 2.05) is 30.3 Å². The van der Waals surface area contributed by atoms with Gasteiger partial charge in [-0.2, -0.15) is 0 Å². The molecule has 1 unspecified atom stereocenters. The number of benzene rings is 1. The number of rotatable bonds is 4. The summed E-state index contributed by atoms with van der Waals surface area (Å²) < 4.78 is 0. The van der Waals surface area contributed by atoms with E-state index in [9.17, 15) is 9.59 Å². The maximum atomic E-state index is 12.6. The van der Waals surface area contributed by atoms with Crippen molar-refractivity contribution in [3.63, 3.8) is 0 Å². The van der Waals surface area contributed by atoms with Crippen molar-refractivity contribution in [2.45, 2.75) is 18.9 Å². The monoisotopic (exact) mass is 258 g/mol. The molecule has 0 saturated carbocycles. The molecule has 1 aliphatic heterocycles. The highest BCUT2D eigenvalue weighted by Gasteiger charge is 2.43. The van der Waals surface area contributed by atoms with Crippen molar-refractivity contribution in [1.82, 2.24) is 10.2 Å². The van der Waals surface area contributed by atoms with Gasteiger partial charge in [0.1, 0.15) is 5.54 Å². The van der Waals surface area contributed by atoms with Crippen molar-refractivity contribution < 1.29 is 9.59 Å². The molecule has 0 spiro atoms. The summed E-state index contributed by atoms with van der Waals surface area (Å²) in [5, 5.41) is 2.81. The van der Waals surface area contributed by atoms with Crippen molar-refractivity contribution in [3.8, 4) is 0 Å². The van der Waals surface area contributed by atoms with Gasteiger partial charge in [-0.1, -0.05) is 36.4 Å². The lowest BCUT2D eigenvalue weighted by molar-refractivity contribution is -0.149. The molecule has 4 heteroatoms. The van der Waals surface area contributed by atoms with Crippen molar-refractivity contribution in [3.05, 3.63) is 48.6 Å². The second kappa shape index (κ2) is 5.26. The van der Waals surface area contributed by atoms with Crippen LogP contribution < -0.4 is 5.32 Å². The van der Waals surface area contributed by atoms with E-state index in [0.29, 0.717) is 13.0 Å². The molecule has 1 heterocycles. The number of nitrogens with one attached hydrogen (secondary N) is 1. The number of nitrogens with zero attached hydrogens (tertiary/aromatic N) is 1. The summed E-state index contributed by atoms with van der Waals surface area (Å²) in [4.78, 5) is 26.0. The molecule has 1 atom stereocenters. The minimum Gasteiger partial charge on any atom is -0.337 e. The highest BCUT2D eigenvalue weighted by Crippen LogP contribution is 2.26. The predicted molar refractivity (Wildman–Crippen MR) is 73.3 cm³/mol. The van der Waals surface area contributed by atoms with Gasteiger partial charge >= 0.3 is 0 Å². The standard InChI is InChI=1S/C15H18N2O2/c1-3-4-10-17-11-13(18)16-15(2,14(17)19)12-8-6-5-7-9-12/h3,5-9H,1,4,10-11H2,2H3,(H,16,18). The van der Waals surface area contributed by atoms with Gasteiger partial charge in [0.05, 0.1) is 6.54 Å². The third-order valence-electron chi connectivity index (χ3n) is 3.39. The predicted octanol–water partition coefficient (Wildman–Crippen LogP) is 1.44. The molecule has 1 aromatic rings. The van der Waals surface area contributed by atoms with Crippen molar-refractivity contribution in [2.75, 3.05) is 13.1 Å². The Bertz CT molecular complexity index is 498. The Morgan fingerprint density at radius 1 is 1.37 bits per heavy atom. The Morgan fingerprint density at radius 3 is 2.68 bits per heavy atom. The van der Waals surface area contributed by atoms with Crippen LogP contribution >= 0.6 is 0 Å². The molecule has 1 aliphatic rings. The largest absolute Gasteiger partial charge is 0.337 e. The smallest absolute Gasteiger partial charge is 0.253 e. The molecule has 100 valence electrons. The van der Waals surface area contributed by atoms with Gasteiger partial charge in [0.2, 0.25) is 5.91 Å². The summed E-state index contributed by atoms with van der Waals surface area (Å²) in [5.41, 5.74) is -0.172. The van der Waals surface area contributed by atoms with Crippen LogP contribution in [0.2, 0.25) is 0 Å². The molecule has 2 amide bonds. The van der Waals surface area contributed by atoms with E-state index in [0.717, 1.165) is 5.56 Å². The Balaban J connectivity index is 2.31. The van der Waals surface area contributed by atoms with Crippen molar-refractivity contribution in [2.24, 2.45) is 0 Å². The number of carbonyl (C=O) groups excluding carboxylic acids is 2. The molecule has 4 nitrogen and oxygen atoms in total. The maximum absolute atomic E-state index is 12.6. The Hall–Kier alpha value is -2.10. The van der Waals surface area contributed by atoms with Crippen LogP contribution in [0.25, 0.3) is 0 Å². The van der Waals surface area contributed by atoms with Crippen LogP contribution in [0.4, 0.5) is 0 Å². The fourth-order valence-electron chi connectivity index (χ4n) is 2.33. The van der Waals surface area contributed by atoms with E-state index in [1.165, 1.54) is 0 Å². The molecule has 1 saturated heterocycles. The van der Waals surface area contributed by atoms with Crippen LogP contribution in [0.1, 0.15) is 18.9 Å². The number of hydrogen-bond donors (Lipinski definition) is 1. The molecule has 1 N–H and O–H groups in total. The molecule has 1 fully saturated rings. The fraction of sp³-hybridized carbons (Fsp3) is 0.333.